The number of hydrogen-bond acceptors (Lipinski definition) is 2. The van der Waals surface area contributed by atoms with E-state index in [1.807, 2.05) is 24.3 Å². The lowest BCUT2D eigenvalue weighted by molar-refractivity contribution is 0.0986. The third-order valence-corrected chi connectivity index (χ3v) is 5.79. The normalized spacial score (nSPS) is 18.2. The van der Waals surface area contributed by atoms with Crippen LogP contribution in [0.4, 0.5) is 10.1 Å². The maximum Gasteiger partial charge on any atom is 0.259 e. The van der Waals surface area contributed by atoms with Gasteiger partial charge in [-0.05, 0) is 37.1 Å². The van der Waals surface area contributed by atoms with Crippen molar-refractivity contribution in [1.29, 1.82) is 0 Å². The van der Waals surface area contributed by atoms with E-state index in [4.69, 9.17) is 0 Å². The molecule has 5 heteroatoms. The van der Waals surface area contributed by atoms with Crippen LogP contribution in [0.2, 0.25) is 0 Å². The summed E-state index contributed by atoms with van der Waals surface area (Å²) in [6.07, 6.45) is 5.75. The first kappa shape index (κ1) is 14.6. The molecule has 0 bridgehead atoms. The van der Waals surface area contributed by atoms with Crippen molar-refractivity contribution in [2.24, 2.45) is 0 Å². The van der Waals surface area contributed by atoms with Gasteiger partial charge in [0.25, 0.3) is 5.91 Å². The highest BCUT2D eigenvalue weighted by molar-refractivity contribution is 6.14. The molecule has 1 aromatic heterocycles. The molecule has 1 N–H and O–H groups in total. The van der Waals surface area contributed by atoms with Gasteiger partial charge < -0.3 is 4.90 Å². The summed E-state index contributed by atoms with van der Waals surface area (Å²) in [4.78, 5) is 15.1. The number of carbonyl (C=O) groups excluding carboxylic acids is 1. The number of anilines is 1. The number of benzene rings is 2. The molecule has 4 nitrogen and oxygen atoms in total. The van der Waals surface area contributed by atoms with Crippen molar-refractivity contribution in [2.45, 2.75) is 31.1 Å². The highest BCUT2D eigenvalue weighted by Crippen LogP contribution is 2.51. The first-order valence-electron chi connectivity index (χ1n) is 8.73. The molecule has 1 spiro atoms. The molecule has 3 aromatic rings. The van der Waals surface area contributed by atoms with E-state index in [2.05, 4.69) is 10.2 Å². The van der Waals surface area contributed by atoms with Crippen LogP contribution in [0.15, 0.2) is 42.6 Å². The van der Waals surface area contributed by atoms with Crippen molar-refractivity contribution in [2.75, 3.05) is 11.4 Å². The van der Waals surface area contributed by atoms with Gasteiger partial charge in [-0.1, -0.05) is 25.0 Å². The quantitative estimate of drug-likeness (QED) is 0.725. The maximum atomic E-state index is 14.7. The Labute approximate surface area is 144 Å². The summed E-state index contributed by atoms with van der Waals surface area (Å²) < 4.78 is 14.7. The Hall–Kier alpha value is -2.69. The number of amides is 1. The van der Waals surface area contributed by atoms with Crippen molar-refractivity contribution in [1.82, 2.24) is 10.2 Å². The van der Waals surface area contributed by atoms with E-state index in [-0.39, 0.29) is 17.1 Å². The van der Waals surface area contributed by atoms with Crippen LogP contribution in [0, 0.1) is 5.82 Å². The van der Waals surface area contributed by atoms with Crippen LogP contribution in [0.3, 0.4) is 0 Å². The first-order chi connectivity index (χ1) is 12.2. The third kappa shape index (κ3) is 1.98. The topological polar surface area (TPSA) is 49.0 Å². The zero-order chi connectivity index (χ0) is 17.0. The van der Waals surface area contributed by atoms with Crippen molar-refractivity contribution < 1.29 is 9.18 Å². The number of aromatic nitrogens is 2. The second-order valence-electron chi connectivity index (χ2n) is 7.15. The second-order valence-corrected chi connectivity index (χ2v) is 7.15. The molecule has 1 fully saturated rings. The molecular weight excluding hydrogens is 317 g/mol. The van der Waals surface area contributed by atoms with Crippen molar-refractivity contribution in [3.05, 3.63) is 59.5 Å². The number of nitrogens with one attached hydrogen (secondary N) is 1. The van der Waals surface area contributed by atoms with Gasteiger partial charge in [0.15, 0.2) is 0 Å². The van der Waals surface area contributed by atoms with Crippen LogP contribution in [-0.2, 0) is 5.41 Å². The number of hydrogen-bond donors (Lipinski definition) is 1. The van der Waals surface area contributed by atoms with Crippen molar-refractivity contribution >= 4 is 22.5 Å². The molecule has 0 atom stereocenters. The summed E-state index contributed by atoms with van der Waals surface area (Å²) in [5.41, 5.74) is 2.69. The number of fused-ring (bicyclic) bond motifs is 3. The van der Waals surface area contributed by atoms with Gasteiger partial charge in [0, 0.05) is 22.9 Å². The van der Waals surface area contributed by atoms with E-state index in [0.29, 0.717) is 12.1 Å². The molecular formula is C20H18FN3O. The van der Waals surface area contributed by atoms with E-state index in [0.717, 1.165) is 47.8 Å². The van der Waals surface area contributed by atoms with E-state index in [9.17, 15) is 9.18 Å². The molecule has 0 radical (unpaired) electrons. The molecule has 2 aromatic carbocycles. The summed E-state index contributed by atoms with van der Waals surface area (Å²) in [7, 11) is 0. The van der Waals surface area contributed by atoms with Gasteiger partial charge in [-0.3, -0.25) is 9.89 Å². The highest BCUT2D eigenvalue weighted by atomic mass is 19.1. The molecule has 1 amide bonds. The molecule has 5 rings (SSSR count). The zero-order valence-electron chi connectivity index (χ0n) is 13.8. The number of rotatable bonds is 1. The average molecular weight is 335 g/mol. The minimum atomic E-state index is -0.222. The lowest BCUT2D eigenvalue weighted by Gasteiger charge is -2.25. The van der Waals surface area contributed by atoms with E-state index >= 15 is 0 Å². The van der Waals surface area contributed by atoms with E-state index in [1.54, 1.807) is 17.2 Å². The summed E-state index contributed by atoms with van der Waals surface area (Å²) >= 11 is 0. The van der Waals surface area contributed by atoms with Crippen molar-refractivity contribution in [3.63, 3.8) is 0 Å². The Morgan fingerprint density at radius 2 is 1.96 bits per heavy atom. The van der Waals surface area contributed by atoms with Gasteiger partial charge in [0.05, 0.1) is 23.0 Å². The number of nitrogens with zero attached hydrogens (tertiary/aromatic N) is 2. The summed E-state index contributed by atoms with van der Waals surface area (Å²) in [5, 5.41) is 7.75. The van der Waals surface area contributed by atoms with E-state index < -0.39 is 0 Å². The van der Waals surface area contributed by atoms with Gasteiger partial charge in [-0.15, -0.1) is 0 Å². The molecule has 1 saturated carbocycles. The second kappa shape index (κ2) is 5.15. The predicted molar refractivity (Wildman–Crippen MR) is 94.3 cm³/mol. The average Bonchev–Trinajstić information content (AvgIpc) is 3.34. The van der Waals surface area contributed by atoms with Crippen LogP contribution >= 0.6 is 0 Å². The van der Waals surface area contributed by atoms with Gasteiger partial charge in [0.1, 0.15) is 5.82 Å². The summed E-state index contributed by atoms with van der Waals surface area (Å²) in [5.74, 6) is -0.265. The zero-order valence-corrected chi connectivity index (χ0v) is 13.8. The standard InChI is InChI=1S/C20H18FN3O/c21-15-6-4-8-17-18(15)20(9-1-2-10-20)12-24(17)19(25)13-5-3-7-16-14(13)11-22-23-16/h3-8,11H,1-2,9-10,12H2,(H,22,23). The van der Waals surface area contributed by atoms with E-state index in [1.165, 1.54) is 6.07 Å². The summed E-state index contributed by atoms with van der Waals surface area (Å²) in [6.45, 7) is 0.566. The van der Waals surface area contributed by atoms with Gasteiger partial charge >= 0.3 is 0 Å². The molecule has 1 aliphatic heterocycles. The number of aromatic amines is 1. The third-order valence-electron chi connectivity index (χ3n) is 5.79. The maximum absolute atomic E-state index is 14.7. The Balaban J connectivity index is 1.65. The SMILES string of the molecule is O=C(c1cccc2[nH]ncc12)N1CC2(CCCC2)c2c(F)cccc21. The van der Waals surface area contributed by atoms with Crippen LogP contribution < -0.4 is 4.90 Å². The van der Waals surface area contributed by atoms with Gasteiger partial charge in [0.2, 0.25) is 0 Å². The molecule has 0 saturated heterocycles. The minimum absolute atomic E-state index is 0.0809. The Morgan fingerprint density at radius 3 is 2.80 bits per heavy atom. The number of carbonyl (C=O) groups is 1. The Kier molecular flexibility index (Phi) is 3.02. The monoisotopic (exact) mass is 335 g/mol. The Bertz CT molecular complexity index is 988. The van der Waals surface area contributed by atoms with Crippen LogP contribution in [0.25, 0.3) is 10.9 Å². The molecule has 1 aliphatic carbocycles. The smallest absolute Gasteiger partial charge is 0.259 e. The lowest BCUT2D eigenvalue weighted by Crippen LogP contribution is -2.35. The first-order valence-corrected chi connectivity index (χ1v) is 8.73. The lowest BCUT2D eigenvalue weighted by atomic mass is 9.80. The highest BCUT2D eigenvalue weighted by Gasteiger charge is 2.48. The molecule has 2 heterocycles. The summed E-state index contributed by atoms with van der Waals surface area (Å²) in [6, 6.07) is 10.7. The molecule has 2 aliphatic rings. The predicted octanol–water partition coefficient (Wildman–Crippen LogP) is 4.17. The number of halogens is 1. The minimum Gasteiger partial charge on any atom is -0.307 e. The van der Waals surface area contributed by atoms with Gasteiger partial charge in [-0.25, -0.2) is 4.39 Å². The van der Waals surface area contributed by atoms with Crippen LogP contribution in [-0.4, -0.2) is 22.6 Å². The van der Waals surface area contributed by atoms with Gasteiger partial charge in [-0.2, -0.15) is 5.10 Å². The largest absolute Gasteiger partial charge is 0.307 e. The van der Waals surface area contributed by atoms with Crippen LogP contribution in [0.1, 0.15) is 41.6 Å². The fourth-order valence-electron chi connectivity index (χ4n) is 4.67. The fourth-order valence-corrected chi connectivity index (χ4v) is 4.67. The molecule has 25 heavy (non-hydrogen) atoms. The Morgan fingerprint density at radius 1 is 1.16 bits per heavy atom. The van der Waals surface area contributed by atoms with Crippen LogP contribution in [0.5, 0.6) is 0 Å². The number of H-pyrrole nitrogens is 1. The van der Waals surface area contributed by atoms with Crippen molar-refractivity contribution in [3.8, 4) is 0 Å². The molecule has 0 unspecified atom stereocenters. The fraction of sp³-hybridized carbons (Fsp3) is 0.300. The molecule has 126 valence electrons.